The number of nitrogens with zero attached hydrogens (tertiary/aromatic N) is 1. The standard InChI is InChI=1S/C12H11F2NO2S/c13-9-2-1-8(7-10(9)14)18-6-5-15-11(16)3-4-12(15)17/h1-2,7H,3-6H2. The first-order valence-electron chi connectivity index (χ1n) is 5.49. The van der Waals surface area contributed by atoms with Crippen molar-refractivity contribution < 1.29 is 18.4 Å². The number of carbonyl (C=O) groups excluding carboxylic acids is 2. The topological polar surface area (TPSA) is 37.4 Å². The van der Waals surface area contributed by atoms with Crippen LogP contribution in [0.25, 0.3) is 0 Å². The molecule has 1 aliphatic rings. The normalized spacial score (nSPS) is 15.6. The molecule has 1 aromatic carbocycles. The molecular formula is C12H11F2NO2S. The van der Waals surface area contributed by atoms with Crippen molar-refractivity contribution in [1.29, 1.82) is 0 Å². The van der Waals surface area contributed by atoms with Gasteiger partial charge < -0.3 is 0 Å². The van der Waals surface area contributed by atoms with E-state index in [1.54, 1.807) is 0 Å². The molecule has 6 heteroatoms. The molecule has 3 nitrogen and oxygen atoms in total. The average Bonchev–Trinajstić information content (AvgIpc) is 2.65. The summed E-state index contributed by atoms with van der Waals surface area (Å²) in [6.45, 7) is 0.307. The number of amides is 2. The second-order valence-corrected chi connectivity index (χ2v) is 5.03. The molecule has 1 aliphatic heterocycles. The van der Waals surface area contributed by atoms with Crippen LogP contribution in [-0.2, 0) is 9.59 Å². The highest BCUT2D eigenvalue weighted by molar-refractivity contribution is 7.99. The summed E-state index contributed by atoms with van der Waals surface area (Å²) < 4.78 is 25.6. The lowest BCUT2D eigenvalue weighted by atomic mass is 10.3. The van der Waals surface area contributed by atoms with Gasteiger partial charge in [-0.05, 0) is 18.2 Å². The van der Waals surface area contributed by atoms with Gasteiger partial charge in [-0.2, -0.15) is 0 Å². The van der Waals surface area contributed by atoms with Crippen LogP contribution in [0.15, 0.2) is 23.1 Å². The molecule has 1 fully saturated rings. The van der Waals surface area contributed by atoms with E-state index in [9.17, 15) is 18.4 Å². The Morgan fingerprint density at radius 2 is 1.78 bits per heavy atom. The van der Waals surface area contributed by atoms with Crippen LogP contribution in [0.2, 0.25) is 0 Å². The average molecular weight is 271 g/mol. The first-order chi connectivity index (χ1) is 8.58. The molecule has 0 N–H and O–H groups in total. The summed E-state index contributed by atoms with van der Waals surface area (Å²) >= 11 is 1.28. The smallest absolute Gasteiger partial charge is 0.229 e. The lowest BCUT2D eigenvalue weighted by Gasteiger charge is -2.12. The van der Waals surface area contributed by atoms with Crippen molar-refractivity contribution in [2.45, 2.75) is 17.7 Å². The van der Waals surface area contributed by atoms with Gasteiger partial charge in [0.15, 0.2) is 11.6 Å². The summed E-state index contributed by atoms with van der Waals surface area (Å²) in [5, 5.41) is 0. The Morgan fingerprint density at radius 3 is 2.39 bits per heavy atom. The van der Waals surface area contributed by atoms with Gasteiger partial charge in [-0.3, -0.25) is 14.5 Å². The molecule has 2 rings (SSSR count). The molecule has 0 atom stereocenters. The van der Waals surface area contributed by atoms with Crippen LogP contribution in [0.5, 0.6) is 0 Å². The minimum absolute atomic E-state index is 0.161. The van der Waals surface area contributed by atoms with Crippen LogP contribution in [0.3, 0.4) is 0 Å². The maximum Gasteiger partial charge on any atom is 0.229 e. The van der Waals surface area contributed by atoms with Crippen LogP contribution in [-0.4, -0.2) is 29.0 Å². The molecule has 0 aliphatic carbocycles. The Hall–Kier alpha value is -1.43. The van der Waals surface area contributed by atoms with Crippen molar-refractivity contribution in [2.24, 2.45) is 0 Å². The van der Waals surface area contributed by atoms with Gasteiger partial charge in [-0.1, -0.05) is 0 Å². The lowest BCUT2D eigenvalue weighted by Crippen LogP contribution is -2.31. The van der Waals surface area contributed by atoms with Crippen LogP contribution in [0.1, 0.15) is 12.8 Å². The Balaban J connectivity index is 1.86. The van der Waals surface area contributed by atoms with E-state index in [-0.39, 0.29) is 24.7 Å². The number of likely N-dealkylation sites (tertiary alicyclic amines) is 1. The zero-order valence-electron chi connectivity index (χ0n) is 9.49. The van der Waals surface area contributed by atoms with Gasteiger partial charge in [-0.15, -0.1) is 11.8 Å². The van der Waals surface area contributed by atoms with Crippen LogP contribution in [0, 0.1) is 11.6 Å². The van der Waals surface area contributed by atoms with Crippen molar-refractivity contribution >= 4 is 23.6 Å². The monoisotopic (exact) mass is 271 g/mol. The molecule has 0 radical (unpaired) electrons. The van der Waals surface area contributed by atoms with Gasteiger partial charge in [0.05, 0.1) is 0 Å². The molecule has 0 spiro atoms. The first kappa shape index (κ1) is 13.0. The number of halogens is 2. The molecule has 0 aromatic heterocycles. The third kappa shape index (κ3) is 2.87. The van der Waals surface area contributed by atoms with E-state index in [2.05, 4.69) is 0 Å². The Labute approximate surface area is 107 Å². The number of imide groups is 1. The summed E-state index contributed by atoms with van der Waals surface area (Å²) in [7, 11) is 0. The SMILES string of the molecule is O=C1CCC(=O)N1CCSc1ccc(F)c(F)c1. The second kappa shape index (κ2) is 5.48. The van der Waals surface area contributed by atoms with Crippen molar-refractivity contribution in [1.82, 2.24) is 4.90 Å². The lowest BCUT2D eigenvalue weighted by molar-refractivity contribution is -0.137. The van der Waals surface area contributed by atoms with E-state index in [0.717, 1.165) is 12.1 Å². The molecular weight excluding hydrogens is 260 g/mol. The highest BCUT2D eigenvalue weighted by Crippen LogP contribution is 2.21. The minimum Gasteiger partial charge on any atom is -0.282 e. The largest absolute Gasteiger partial charge is 0.282 e. The second-order valence-electron chi connectivity index (χ2n) is 3.86. The fraction of sp³-hybridized carbons (Fsp3) is 0.333. The van der Waals surface area contributed by atoms with Gasteiger partial charge in [0, 0.05) is 30.0 Å². The molecule has 1 saturated heterocycles. The third-order valence-corrected chi connectivity index (χ3v) is 3.60. The van der Waals surface area contributed by atoms with Gasteiger partial charge in [0.1, 0.15) is 0 Å². The molecule has 0 unspecified atom stereocenters. The van der Waals surface area contributed by atoms with Gasteiger partial charge >= 0.3 is 0 Å². The Bertz CT molecular complexity index is 477. The quantitative estimate of drug-likeness (QED) is 0.622. The number of carbonyl (C=O) groups is 2. The maximum absolute atomic E-state index is 12.9. The molecule has 0 bridgehead atoms. The van der Waals surface area contributed by atoms with Gasteiger partial charge in [-0.25, -0.2) is 8.78 Å². The van der Waals surface area contributed by atoms with Gasteiger partial charge in [0.25, 0.3) is 0 Å². The van der Waals surface area contributed by atoms with Crippen LogP contribution < -0.4 is 0 Å². The first-order valence-corrected chi connectivity index (χ1v) is 6.47. The summed E-state index contributed by atoms with van der Waals surface area (Å²) in [4.78, 5) is 24.4. The minimum atomic E-state index is -0.895. The Morgan fingerprint density at radius 1 is 1.11 bits per heavy atom. The van der Waals surface area contributed by atoms with Crippen molar-refractivity contribution in [2.75, 3.05) is 12.3 Å². The molecule has 1 aromatic rings. The van der Waals surface area contributed by atoms with E-state index in [1.165, 1.54) is 22.7 Å². The van der Waals surface area contributed by atoms with E-state index in [0.29, 0.717) is 17.2 Å². The van der Waals surface area contributed by atoms with Crippen molar-refractivity contribution in [3.05, 3.63) is 29.8 Å². The van der Waals surface area contributed by atoms with Crippen LogP contribution in [0.4, 0.5) is 8.78 Å². The molecule has 2 amide bonds. The number of rotatable bonds is 4. The fourth-order valence-electron chi connectivity index (χ4n) is 1.69. The molecule has 96 valence electrons. The highest BCUT2D eigenvalue weighted by Gasteiger charge is 2.28. The summed E-state index contributed by atoms with van der Waals surface area (Å²) in [5.41, 5.74) is 0. The zero-order valence-corrected chi connectivity index (χ0v) is 10.3. The van der Waals surface area contributed by atoms with E-state index in [1.807, 2.05) is 0 Å². The van der Waals surface area contributed by atoms with E-state index >= 15 is 0 Å². The van der Waals surface area contributed by atoms with Crippen molar-refractivity contribution in [3.63, 3.8) is 0 Å². The van der Waals surface area contributed by atoms with Gasteiger partial charge in [0.2, 0.25) is 11.8 Å². The summed E-state index contributed by atoms with van der Waals surface area (Å²) in [6.07, 6.45) is 0.545. The van der Waals surface area contributed by atoms with Crippen LogP contribution >= 0.6 is 11.8 Å². The predicted molar refractivity (Wildman–Crippen MR) is 63.0 cm³/mol. The summed E-state index contributed by atoms with van der Waals surface area (Å²) in [6, 6.07) is 3.63. The summed E-state index contributed by atoms with van der Waals surface area (Å²) in [5.74, 6) is -1.63. The van der Waals surface area contributed by atoms with E-state index < -0.39 is 11.6 Å². The predicted octanol–water partition coefficient (Wildman–Crippen LogP) is 2.21. The number of hydrogen-bond acceptors (Lipinski definition) is 3. The molecule has 1 heterocycles. The maximum atomic E-state index is 12.9. The highest BCUT2D eigenvalue weighted by atomic mass is 32.2. The Kier molecular flexibility index (Phi) is 3.96. The fourth-order valence-corrected chi connectivity index (χ4v) is 2.55. The zero-order chi connectivity index (χ0) is 13.1. The number of hydrogen-bond donors (Lipinski definition) is 0. The van der Waals surface area contributed by atoms with E-state index in [4.69, 9.17) is 0 Å². The molecule has 18 heavy (non-hydrogen) atoms. The number of thioether (sulfide) groups is 1. The third-order valence-electron chi connectivity index (χ3n) is 2.63. The number of benzene rings is 1. The van der Waals surface area contributed by atoms with Crippen molar-refractivity contribution in [3.8, 4) is 0 Å². The molecule has 0 saturated carbocycles.